The third kappa shape index (κ3) is 4.50. The monoisotopic (exact) mass is 434 g/mol. The van der Waals surface area contributed by atoms with Gasteiger partial charge in [-0.25, -0.2) is 22.7 Å². The molecule has 2 aromatic carbocycles. The third-order valence-electron chi connectivity index (χ3n) is 3.59. The van der Waals surface area contributed by atoms with Crippen LogP contribution in [0.25, 0.3) is 10.6 Å². The lowest BCUT2D eigenvalue weighted by molar-refractivity contribution is 0.0596. The molecule has 0 unspecified atom stereocenters. The number of urea groups is 1. The molecule has 0 bridgehead atoms. The van der Waals surface area contributed by atoms with Gasteiger partial charge < -0.3 is 9.84 Å². The highest BCUT2D eigenvalue weighted by molar-refractivity contribution is 7.90. The molecule has 2 amide bonds. The van der Waals surface area contributed by atoms with Crippen molar-refractivity contribution in [3.63, 3.8) is 0 Å². The van der Waals surface area contributed by atoms with Gasteiger partial charge in [-0.2, -0.15) is 0 Å². The van der Waals surface area contributed by atoms with Crippen LogP contribution in [0.4, 0.5) is 9.93 Å². The van der Waals surface area contributed by atoms with Crippen LogP contribution in [0, 0.1) is 0 Å². The highest BCUT2D eigenvalue weighted by Crippen LogP contribution is 2.32. The minimum atomic E-state index is -4.36. The number of methoxy groups -OCH3 is 1. The highest BCUT2D eigenvalue weighted by Gasteiger charge is 2.25. The Bertz CT molecular complexity index is 1180. The molecule has 0 saturated heterocycles. The molecule has 3 N–H and O–H groups in total. The van der Waals surface area contributed by atoms with Crippen molar-refractivity contribution in [3.05, 3.63) is 54.1 Å². The van der Waals surface area contributed by atoms with Crippen LogP contribution < -0.4 is 10.0 Å². The van der Waals surface area contributed by atoms with Gasteiger partial charge in [0, 0.05) is 0 Å². The zero-order valence-corrected chi connectivity index (χ0v) is 16.5. The first kappa shape index (κ1) is 20.2. The molecule has 150 valence electrons. The van der Waals surface area contributed by atoms with Crippen molar-refractivity contribution in [1.82, 2.24) is 14.9 Å². The van der Waals surface area contributed by atoms with Gasteiger partial charge in [0.2, 0.25) is 5.13 Å². The number of amides is 2. The van der Waals surface area contributed by atoms with E-state index in [1.54, 1.807) is 22.9 Å². The average Bonchev–Trinajstić information content (AvgIpc) is 3.15. The van der Waals surface area contributed by atoms with E-state index in [1.807, 2.05) is 0 Å². The van der Waals surface area contributed by atoms with E-state index in [1.165, 1.54) is 30.3 Å². The van der Waals surface area contributed by atoms with Crippen LogP contribution in [-0.4, -0.2) is 42.8 Å². The molecule has 0 atom stereocenters. The molecular formula is C17H14N4O6S2. The molecule has 0 aliphatic rings. The maximum Gasteiger partial charge on any atom is 0.339 e. The predicted octanol–water partition coefficient (Wildman–Crippen LogP) is 2.21. The fraction of sp³-hybridized carbons (Fsp3) is 0.0588. The van der Waals surface area contributed by atoms with Crippen molar-refractivity contribution in [3.8, 4) is 16.3 Å². The summed E-state index contributed by atoms with van der Waals surface area (Å²) in [5.41, 5.74) is 0.200. The Morgan fingerprint density at radius 1 is 1.07 bits per heavy atom. The van der Waals surface area contributed by atoms with Crippen molar-refractivity contribution in [2.75, 3.05) is 12.4 Å². The molecule has 3 rings (SSSR count). The van der Waals surface area contributed by atoms with Crippen molar-refractivity contribution in [2.24, 2.45) is 0 Å². The molecule has 29 heavy (non-hydrogen) atoms. The molecule has 0 aliphatic carbocycles. The van der Waals surface area contributed by atoms with E-state index < -0.39 is 26.9 Å². The number of anilines is 1. The standard InChI is InChI=1S/C17H14N4O6S2/c1-27-15(23)11-7-3-5-9-13(11)29(25,26)21-16(24)18-17-20-19-14(28-17)10-6-2-4-8-12(10)22/h2-9,22H,1H3,(H2,18,20,21,24). The highest BCUT2D eigenvalue weighted by atomic mass is 32.2. The second-order valence-corrected chi connectivity index (χ2v) is 8.11. The van der Waals surface area contributed by atoms with Crippen LogP contribution >= 0.6 is 11.3 Å². The molecule has 0 saturated carbocycles. The Hall–Kier alpha value is -3.51. The first-order chi connectivity index (χ1) is 13.8. The maximum atomic E-state index is 12.5. The molecular weight excluding hydrogens is 420 g/mol. The number of esters is 1. The van der Waals surface area contributed by atoms with Crippen LogP contribution in [-0.2, 0) is 14.8 Å². The normalized spacial score (nSPS) is 10.9. The molecule has 3 aromatic rings. The SMILES string of the molecule is COC(=O)c1ccccc1S(=O)(=O)NC(=O)Nc1nnc(-c2ccccc2O)s1. The zero-order valence-electron chi connectivity index (χ0n) is 14.8. The number of carbonyl (C=O) groups excluding carboxylic acids is 2. The average molecular weight is 434 g/mol. The molecule has 0 fully saturated rings. The molecule has 12 heteroatoms. The number of para-hydroxylation sites is 1. The Balaban J connectivity index is 1.76. The Morgan fingerprint density at radius 2 is 1.76 bits per heavy atom. The summed E-state index contributed by atoms with van der Waals surface area (Å²) in [6, 6.07) is 10.6. The smallest absolute Gasteiger partial charge is 0.339 e. The number of carbonyl (C=O) groups is 2. The number of nitrogens with zero attached hydrogens (tertiary/aromatic N) is 2. The number of phenols is 1. The van der Waals surface area contributed by atoms with E-state index in [4.69, 9.17) is 0 Å². The summed E-state index contributed by atoms with van der Waals surface area (Å²) < 4.78 is 31.4. The van der Waals surface area contributed by atoms with Gasteiger partial charge >= 0.3 is 12.0 Å². The van der Waals surface area contributed by atoms with Gasteiger partial charge in [0.15, 0.2) is 5.01 Å². The Kier molecular flexibility index (Phi) is 5.75. The van der Waals surface area contributed by atoms with Gasteiger partial charge in [-0.3, -0.25) is 5.32 Å². The van der Waals surface area contributed by atoms with Crippen molar-refractivity contribution in [2.45, 2.75) is 4.90 Å². The Morgan fingerprint density at radius 3 is 2.48 bits per heavy atom. The lowest BCUT2D eigenvalue weighted by Crippen LogP contribution is -2.35. The minimum Gasteiger partial charge on any atom is -0.507 e. The first-order valence-electron chi connectivity index (χ1n) is 7.95. The second kappa shape index (κ2) is 8.24. The van der Waals surface area contributed by atoms with Gasteiger partial charge in [-0.15, -0.1) is 10.2 Å². The lowest BCUT2D eigenvalue weighted by Gasteiger charge is -2.10. The van der Waals surface area contributed by atoms with E-state index in [2.05, 4.69) is 20.3 Å². The van der Waals surface area contributed by atoms with E-state index in [0.717, 1.165) is 18.4 Å². The van der Waals surface area contributed by atoms with E-state index in [-0.39, 0.29) is 16.4 Å². The van der Waals surface area contributed by atoms with Gasteiger partial charge in [0.1, 0.15) is 10.6 Å². The van der Waals surface area contributed by atoms with Gasteiger partial charge in [-0.05, 0) is 24.3 Å². The fourth-order valence-electron chi connectivity index (χ4n) is 2.32. The number of hydrogen-bond donors (Lipinski definition) is 3. The van der Waals surface area contributed by atoms with Crippen molar-refractivity contribution >= 4 is 38.5 Å². The molecule has 0 aliphatic heterocycles. The van der Waals surface area contributed by atoms with Crippen LogP contribution in [0.15, 0.2) is 53.4 Å². The van der Waals surface area contributed by atoms with E-state index >= 15 is 0 Å². The summed E-state index contributed by atoms with van der Waals surface area (Å²) in [7, 11) is -3.25. The third-order valence-corrected chi connectivity index (χ3v) is 5.85. The topological polar surface area (TPSA) is 148 Å². The van der Waals surface area contributed by atoms with Crippen LogP contribution in [0.2, 0.25) is 0 Å². The predicted molar refractivity (Wildman–Crippen MR) is 104 cm³/mol. The summed E-state index contributed by atoms with van der Waals surface area (Å²) in [4.78, 5) is 23.5. The number of phenolic OH excluding ortho intramolecular Hbond substituents is 1. The van der Waals surface area contributed by atoms with E-state index in [0.29, 0.717) is 10.6 Å². The fourth-order valence-corrected chi connectivity index (χ4v) is 4.19. The quantitative estimate of drug-likeness (QED) is 0.518. The lowest BCUT2D eigenvalue weighted by atomic mass is 10.2. The second-order valence-electron chi connectivity index (χ2n) is 5.48. The molecule has 1 heterocycles. The van der Waals surface area contributed by atoms with E-state index in [9.17, 15) is 23.1 Å². The van der Waals surface area contributed by atoms with Crippen LogP contribution in [0.5, 0.6) is 5.75 Å². The van der Waals surface area contributed by atoms with Crippen molar-refractivity contribution in [1.29, 1.82) is 0 Å². The number of benzene rings is 2. The van der Waals surface area contributed by atoms with Gasteiger partial charge in [0.25, 0.3) is 10.0 Å². The number of ether oxygens (including phenoxy) is 1. The number of sulfonamides is 1. The summed E-state index contributed by atoms with van der Waals surface area (Å²) >= 11 is 0.939. The molecule has 10 nitrogen and oxygen atoms in total. The largest absolute Gasteiger partial charge is 0.507 e. The minimum absolute atomic E-state index is 0.0113. The number of hydrogen-bond acceptors (Lipinski definition) is 9. The Labute approximate surface area is 169 Å². The number of rotatable bonds is 5. The number of nitrogens with one attached hydrogen (secondary N) is 2. The maximum absolute atomic E-state index is 12.5. The van der Waals surface area contributed by atoms with Gasteiger partial charge in [0.05, 0.1) is 18.2 Å². The summed E-state index contributed by atoms with van der Waals surface area (Å²) in [6.45, 7) is 0. The summed E-state index contributed by atoms with van der Waals surface area (Å²) in [5, 5.41) is 20.1. The number of aromatic nitrogens is 2. The van der Waals surface area contributed by atoms with Crippen LogP contribution in [0.1, 0.15) is 10.4 Å². The van der Waals surface area contributed by atoms with Gasteiger partial charge in [-0.1, -0.05) is 35.6 Å². The molecule has 0 spiro atoms. The van der Waals surface area contributed by atoms with Crippen molar-refractivity contribution < 1.29 is 27.9 Å². The zero-order chi connectivity index (χ0) is 21.0. The first-order valence-corrected chi connectivity index (χ1v) is 10.2. The summed E-state index contributed by atoms with van der Waals surface area (Å²) in [5.74, 6) is -0.871. The van der Waals surface area contributed by atoms with Crippen LogP contribution in [0.3, 0.4) is 0 Å². The number of aromatic hydroxyl groups is 1. The molecule has 0 radical (unpaired) electrons. The summed E-state index contributed by atoms with van der Waals surface area (Å²) in [6.07, 6.45) is 0. The molecule has 1 aromatic heterocycles.